The summed E-state index contributed by atoms with van der Waals surface area (Å²) in [4.78, 5) is 20.0. The maximum absolute atomic E-state index is 12.0. The molecule has 0 spiro atoms. The van der Waals surface area contributed by atoms with Gasteiger partial charge in [-0.25, -0.2) is 14.8 Å². The number of hydrogen-bond acceptors (Lipinski definition) is 8. The van der Waals surface area contributed by atoms with Gasteiger partial charge < -0.3 is 14.2 Å². The molecule has 1 N–H and O–H groups in total. The molecule has 8 nitrogen and oxygen atoms in total. The molecule has 29 heavy (non-hydrogen) atoms. The number of rotatable bonds is 6. The minimum absolute atomic E-state index is 0.00542. The zero-order chi connectivity index (χ0) is 21.0. The van der Waals surface area contributed by atoms with Crippen molar-refractivity contribution in [2.24, 2.45) is 0 Å². The van der Waals surface area contributed by atoms with Crippen LogP contribution in [-0.2, 0) is 19.0 Å². The summed E-state index contributed by atoms with van der Waals surface area (Å²) in [6, 6.07) is 8.40. The lowest BCUT2D eigenvalue weighted by Crippen LogP contribution is -2.31. The lowest BCUT2D eigenvalue weighted by atomic mass is 9.86. The van der Waals surface area contributed by atoms with Crippen LogP contribution in [-0.4, -0.2) is 49.9 Å². The molecule has 1 aromatic carbocycles. The van der Waals surface area contributed by atoms with Gasteiger partial charge >= 0.3 is 16.1 Å². The predicted molar refractivity (Wildman–Crippen MR) is 108 cm³/mol. The molecule has 2 heterocycles. The highest BCUT2D eigenvalue weighted by Gasteiger charge is 2.25. The van der Waals surface area contributed by atoms with Gasteiger partial charge in [-0.05, 0) is 43.7 Å². The first-order valence-electron chi connectivity index (χ1n) is 9.41. The topological polar surface area (TPSA) is 107 Å². The van der Waals surface area contributed by atoms with Gasteiger partial charge in [0.25, 0.3) is 0 Å². The van der Waals surface area contributed by atoms with Crippen molar-refractivity contribution < 1.29 is 22.1 Å². The quantitative estimate of drug-likeness (QED) is 0.712. The van der Waals surface area contributed by atoms with Crippen molar-refractivity contribution in [1.29, 1.82) is 0 Å². The van der Waals surface area contributed by atoms with Crippen molar-refractivity contribution in [1.82, 2.24) is 9.97 Å². The summed E-state index contributed by atoms with van der Waals surface area (Å²) < 4.78 is 32.7. The van der Waals surface area contributed by atoms with Gasteiger partial charge in [0.15, 0.2) is 5.69 Å². The normalized spacial score (nSPS) is 19.6. The minimum Gasteiger partial charge on any atom is -0.376 e. The summed E-state index contributed by atoms with van der Waals surface area (Å²) in [5.74, 6) is -0.144. The van der Waals surface area contributed by atoms with Crippen molar-refractivity contribution in [3.63, 3.8) is 0 Å². The van der Waals surface area contributed by atoms with Crippen LogP contribution >= 0.6 is 0 Å². The van der Waals surface area contributed by atoms with Crippen LogP contribution in [0, 0.1) is 13.8 Å². The van der Waals surface area contributed by atoms with Crippen LogP contribution in [0.4, 0.5) is 5.82 Å². The monoisotopic (exact) mass is 419 g/mol. The highest BCUT2D eigenvalue weighted by atomic mass is 32.2. The second-order valence-corrected chi connectivity index (χ2v) is 8.80. The number of anilines is 1. The number of carbonyl (C=O) groups excluding carboxylic acids is 1. The van der Waals surface area contributed by atoms with Crippen LogP contribution in [0.3, 0.4) is 0 Å². The van der Waals surface area contributed by atoms with Gasteiger partial charge in [-0.15, -0.1) is 0 Å². The van der Waals surface area contributed by atoms with Crippen LogP contribution in [0.2, 0.25) is 0 Å². The molecule has 0 radical (unpaired) electrons. The van der Waals surface area contributed by atoms with Crippen LogP contribution in [0.1, 0.15) is 45.9 Å². The van der Waals surface area contributed by atoms with Gasteiger partial charge in [0.1, 0.15) is 12.1 Å². The van der Waals surface area contributed by atoms with Crippen LogP contribution in [0.5, 0.6) is 0 Å². The molecule has 1 aliphatic heterocycles. The molecule has 2 aromatic rings. The Hall–Kier alpha value is -2.52. The van der Waals surface area contributed by atoms with Crippen molar-refractivity contribution in [2.75, 3.05) is 24.7 Å². The van der Waals surface area contributed by atoms with E-state index in [2.05, 4.69) is 44.6 Å². The van der Waals surface area contributed by atoms with Gasteiger partial charge in [0.05, 0.1) is 12.4 Å². The molecule has 1 saturated heterocycles. The molecule has 156 valence electrons. The van der Waals surface area contributed by atoms with E-state index >= 15 is 0 Å². The molecule has 0 amide bonds. The first kappa shape index (κ1) is 21.2. The Bertz CT molecular complexity index is 993. The summed E-state index contributed by atoms with van der Waals surface area (Å²) in [5, 5.41) is 3.19. The van der Waals surface area contributed by atoms with E-state index in [1.165, 1.54) is 17.5 Å². The highest BCUT2D eigenvalue weighted by molar-refractivity contribution is 7.86. The van der Waals surface area contributed by atoms with Crippen molar-refractivity contribution in [2.45, 2.75) is 38.7 Å². The molecular weight excluding hydrogens is 394 g/mol. The molecular formula is C20H25N3O5S. The lowest BCUT2D eigenvalue weighted by molar-refractivity contribution is 0.0149. The SMILES string of the molecule is Cc1ccccc1C1CCOC(CNc2ncnc(C(=O)OS(C)(=O)=O)c2C)C1. The molecule has 0 aliphatic carbocycles. The Kier molecular flexibility index (Phi) is 6.49. The van der Waals surface area contributed by atoms with E-state index in [0.29, 0.717) is 30.5 Å². The molecule has 2 atom stereocenters. The second-order valence-electron chi connectivity index (χ2n) is 7.22. The van der Waals surface area contributed by atoms with E-state index in [-0.39, 0.29) is 11.8 Å². The van der Waals surface area contributed by atoms with Gasteiger partial charge in [-0.3, -0.25) is 0 Å². The van der Waals surface area contributed by atoms with E-state index in [4.69, 9.17) is 4.74 Å². The first-order chi connectivity index (χ1) is 13.7. The molecule has 1 aliphatic rings. The van der Waals surface area contributed by atoms with Crippen molar-refractivity contribution in [3.8, 4) is 0 Å². The number of carbonyl (C=O) groups is 1. The molecule has 3 rings (SSSR count). The number of ether oxygens (including phenoxy) is 1. The Balaban J connectivity index is 1.66. The zero-order valence-electron chi connectivity index (χ0n) is 16.7. The number of hydrogen-bond donors (Lipinski definition) is 1. The predicted octanol–water partition coefficient (Wildman–Crippen LogP) is 2.58. The summed E-state index contributed by atoms with van der Waals surface area (Å²) in [6.45, 7) is 4.96. The maximum Gasteiger partial charge on any atom is 0.372 e. The van der Waals surface area contributed by atoms with E-state index in [0.717, 1.165) is 19.1 Å². The Labute approximate surface area is 170 Å². The molecule has 1 aromatic heterocycles. The molecule has 0 saturated carbocycles. The second kappa shape index (κ2) is 8.87. The van der Waals surface area contributed by atoms with E-state index in [9.17, 15) is 13.2 Å². The van der Waals surface area contributed by atoms with E-state index in [1.54, 1.807) is 6.92 Å². The average Bonchev–Trinajstić information content (AvgIpc) is 2.66. The third kappa shape index (κ3) is 5.51. The summed E-state index contributed by atoms with van der Waals surface area (Å²) >= 11 is 0. The van der Waals surface area contributed by atoms with Crippen molar-refractivity contribution in [3.05, 3.63) is 53.0 Å². The standard InChI is InChI=1S/C20H25N3O5S/c1-13-6-4-5-7-17(13)15-8-9-27-16(10-15)11-21-19-14(2)18(22-12-23-19)20(24)28-29(3,25)26/h4-7,12,15-16H,8-11H2,1-3H3,(H,21,22,23). The summed E-state index contributed by atoms with van der Waals surface area (Å²) in [5.41, 5.74) is 2.97. The van der Waals surface area contributed by atoms with E-state index < -0.39 is 16.1 Å². The van der Waals surface area contributed by atoms with Crippen LogP contribution < -0.4 is 5.32 Å². The fraction of sp³-hybridized carbons (Fsp3) is 0.450. The fourth-order valence-corrected chi connectivity index (χ4v) is 3.93. The fourth-order valence-electron chi connectivity index (χ4n) is 3.57. The number of benzene rings is 1. The molecule has 0 bridgehead atoms. The Morgan fingerprint density at radius 1 is 1.28 bits per heavy atom. The third-order valence-corrected chi connectivity index (χ3v) is 5.45. The van der Waals surface area contributed by atoms with Crippen molar-refractivity contribution >= 4 is 21.9 Å². The molecule has 1 fully saturated rings. The van der Waals surface area contributed by atoms with E-state index in [1.807, 2.05) is 6.07 Å². The van der Waals surface area contributed by atoms with Gasteiger partial charge in [-0.2, -0.15) is 8.42 Å². The van der Waals surface area contributed by atoms with Gasteiger partial charge in [0, 0.05) is 18.7 Å². The zero-order valence-corrected chi connectivity index (χ0v) is 17.5. The summed E-state index contributed by atoms with van der Waals surface area (Å²) in [6.07, 6.45) is 3.87. The largest absolute Gasteiger partial charge is 0.376 e. The van der Waals surface area contributed by atoms with Crippen LogP contribution in [0.15, 0.2) is 30.6 Å². The summed E-state index contributed by atoms with van der Waals surface area (Å²) in [7, 11) is -3.92. The van der Waals surface area contributed by atoms with Crippen LogP contribution in [0.25, 0.3) is 0 Å². The minimum atomic E-state index is -3.92. The Morgan fingerprint density at radius 3 is 2.76 bits per heavy atom. The average molecular weight is 420 g/mol. The number of nitrogens with one attached hydrogen (secondary N) is 1. The van der Waals surface area contributed by atoms with Gasteiger partial charge in [-0.1, -0.05) is 24.3 Å². The number of aromatic nitrogens is 2. The smallest absolute Gasteiger partial charge is 0.372 e. The lowest BCUT2D eigenvalue weighted by Gasteiger charge is -2.31. The number of nitrogens with zero attached hydrogens (tertiary/aromatic N) is 2. The molecule has 9 heteroatoms. The number of aryl methyl sites for hydroxylation is 1. The third-order valence-electron chi connectivity index (χ3n) is 5.00. The molecule has 2 unspecified atom stereocenters. The van der Waals surface area contributed by atoms with Gasteiger partial charge in [0.2, 0.25) is 0 Å². The Morgan fingerprint density at radius 2 is 2.03 bits per heavy atom. The highest BCUT2D eigenvalue weighted by Crippen LogP contribution is 2.32. The maximum atomic E-state index is 12.0. The first-order valence-corrected chi connectivity index (χ1v) is 11.2.